The highest BCUT2D eigenvalue weighted by Crippen LogP contribution is 2.54. The number of carbonyl (C=O) groups excluding carboxylic acids is 4. The van der Waals surface area contributed by atoms with Crippen LogP contribution in [0.15, 0.2) is 72.8 Å². The smallest absolute Gasteiger partial charge is 0.421 e. The zero-order valence-electron chi connectivity index (χ0n) is 20.9. The lowest BCUT2D eigenvalue weighted by Gasteiger charge is -2.33. The summed E-state index contributed by atoms with van der Waals surface area (Å²) < 4.78 is 20.3. The van der Waals surface area contributed by atoms with Crippen LogP contribution in [0.4, 0.5) is 20.6 Å². The highest BCUT2D eigenvalue weighted by atomic mass is 35.5. The first-order chi connectivity index (χ1) is 17.9. The van der Waals surface area contributed by atoms with Gasteiger partial charge in [0.05, 0.1) is 17.3 Å². The summed E-state index contributed by atoms with van der Waals surface area (Å²) >= 11 is 5.99. The molecule has 2 aliphatic rings. The van der Waals surface area contributed by atoms with Crippen LogP contribution >= 0.6 is 11.6 Å². The van der Waals surface area contributed by atoms with Gasteiger partial charge < -0.3 is 4.74 Å². The van der Waals surface area contributed by atoms with E-state index in [2.05, 4.69) is 0 Å². The number of carbonyl (C=O) groups is 4. The number of benzene rings is 3. The zero-order valence-corrected chi connectivity index (χ0v) is 21.7. The van der Waals surface area contributed by atoms with E-state index in [0.717, 1.165) is 21.9 Å². The Morgan fingerprint density at radius 2 is 1.66 bits per heavy atom. The molecule has 2 heterocycles. The van der Waals surface area contributed by atoms with Gasteiger partial charge in [-0.2, -0.15) is 0 Å². The SMILES string of the molecule is CC(C)(C)OC(=O)N1C(=O)C(c2ccccc2)([C@@H]2CC(=O)N(c3ccc(Cl)cc3)C2=O)c2cc(F)ccc21. The fourth-order valence-electron chi connectivity index (χ4n) is 5.26. The van der Waals surface area contributed by atoms with Gasteiger partial charge in [-0.3, -0.25) is 19.3 Å². The minimum Gasteiger partial charge on any atom is -0.443 e. The Labute approximate surface area is 223 Å². The van der Waals surface area contributed by atoms with Gasteiger partial charge in [0.2, 0.25) is 11.8 Å². The molecule has 2 aliphatic heterocycles. The zero-order chi connectivity index (χ0) is 27.4. The summed E-state index contributed by atoms with van der Waals surface area (Å²) in [5.41, 5.74) is -1.93. The van der Waals surface area contributed by atoms with Crippen LogP contribution < -0.4 is 9.80 Å². The molecular weight excluding hydrogens is 511 g/mol. The van der Waals surface area contributed by atoms with Crippen molar-refractivity contribution in [2.45, 2.75) is 38.2 Å². The summed E-state index contributed by atoms with van der Waals surface area (Å²) in [5, 5.41) is 0.425. The van der Waals surface area contributed by atoms with Gasteiger partial charge in [-0.15, -0.1) is 0 Å². The van der Waals surface area contributed by atoms with Crippen molar-refractivity contribution >= 4 is 46.8 Å². The van der Waals surface area contributed by atoms with Crippen molar-refractivity contribution in [1.29, 1.82) is 0 Å². The van der Waals surface area contributed by atoms with E-state index in [1.165, 1.54) is 18.2 Å². The summed E-state index contributed by atoms with van der Waals surface area (Å²) in [7, 11) is 0. The van der Waals surface area contributed by atoms with Crippen LogP contribution in [0.25, 0.3) is 0 Å². The van der Waals surface area contributed by atoms with Crippen molar-refractivity contribution in [3.8, 4) is 0 Å². The van der Waals surface area contributed by atoms with Gasteiger partial charge in [-0.05, 0) is 68.8 Å². The third-order valence-corrected chi connectivity index (χ3v) is 6.98. The van der Waals surface area contributed by atoms with Gasteiger partial charge in [0.25, 0.3) is 5.91 Å². The lowest BCUT2D eigenvalue weighted by molar-refractivity contribution is -0.130. The topological polar surface area (TPSA) is 84.0 Å². The average Bonchev–Trinajstić information content (AvgIpc) is 3.29. The lowest BCUT2D eigenvalue weighted by Crippen LogP contribution is -2.51. The number of halogens is 2. The predicted molar refractivity (Wildman–Crippen MR) is 139 cm³/mol. The lowest BCUT2D eigenvalue weighted by atomic mass is 9.65. The summed E-state index contributed by atoms with van der Waals surface area (Å²) in [4.78, 5) is 56.9. The Balaban J connectivity index is 1.73. The highest BCUT2D eigenvalue weighted by Gasteiger charge is 2.64. The molecule has 1 unspecified atom stereocenters. The first-order valence-electron chi connectivity index (χ1n) is 12.0. The van der Waals surface area contributed by atoms with Gasteiger partial charge in [-0.25, -0.2) is 14.1 Å². The van der Waals surface area contributed by atoms with E-state index in [4.69, 9.17) is 16.3 Å². The molecule has 0 aromatic heterocycles. The number of rotatable bonds is 3. The van der Waals surface area contributed by atoms with E-state index in [0.29, 0.717) is 16.3 Å². The number of imide groups is 2. The largest absolute Gasteiger partial charge is 0.443 e. The second kappa shape index (κ2) is 9.06. The van der Waals surface area contributed by atoms with Crippen molar-refractivity contribution in [1.82, 2.24) is 0 Å². The average molecular weight is 535 g/mol. The van der Waals surface area contributed by atoms with E-state index < -0.39 is 46.6 Å². The molecule has 0 bridgehead atoms. The predicted octanol–water partition coefficient (Wildman–Crippen LogP) is 5.63. The molecule has 194 valence electrons. The van der Waals surface area contributed by atoms with Crippen LogP contribution in [0.1, 0.15) is 38.3 Å². The first-order valence-corrected chi connectivity index (χ1v) is 12.4. The van der Waals surface area contributed by atoms with Crippen molar-refractivity contribution in [2.24, 2.45) is 5.92 Å². The number of amides is 4. The minimum atomic E-state index is -1.86. The molecule has 0 spiro atoms. The van der Waals surface area contributed by atoms with E-state index >= 15 is 0 Å². The number of nitrogens with zero attached hydrogens (tertiary/aromatic N) is 2. The maximum absolute atomic E-state index is 14.8. The number of hydrogen-bond acceptors (Lipinski definition) is 5. The Kier molecular flexibility index (Phi) is 6.10. The Morgan fingerprint density at radius 3 is 2.29 bits per heavy atom. The third-order valence-electron chi connectivity index (χ3n) is 6.72. The van der Waals surface area contributed by atoms with Crippen molar-refractivity contribution < 1.29 is 28.3 Å². The minimum absolute atomic E-state index is 0.0969. The molecule has 0 aliphatic carbocycles. The molecule has 0 N–H and O–H groups in total. The summed E-state index contributed by atoms with van der Waals surface area (Å²) in [6, 6.07) is 18.1. The van der Waals surface area contributed by atoms with E-state index in [9.17, 15) is 23.6 Å². The van der Waals surface area contributed by atoms with Gasteiger partial charge >= 0.3 is 6.09 Å². The molecule has 38 heavy (non-hydrogen) atoms. The van der Waals surface area contributed by atoms with Crippen LogP contribution in [0.2, 0.25) is 5.02 Å². The maximum Gasteiger partial charge on any atom is 0.421 e. The number of anilines is 2. The monoisotopic (exact) mass is 534 g/mol. The Morgan fingerprint density at radius 1 is 1.00 bits per heavy atom. The van der Waals surface area contributed by atoms with Crippen LogP contribution in [-0.4, -0.2) is 29.4 Å². The summed E-state index contributed by atoms with van der Waals surface area (Å²) in [5.74, 6) is -3.87. The normalized spacial score (nSPS) is 21.2. The van der Waals surface area contributed by atoms with Crippen molar-refractivity contribution in [3.05, 3.63) is 94.8 Å². The van der Waals surface area contributed by atoms with Crippen LogP contribution in [0.3, 0.4) is 0 Å². The highest BCUT2D eigenvalue weighted by molar-refractivity contribution is 6.31. The number of fused-ring (bicyclic) bond motifs is 1. The fraction of sp³-hybridized carbons (Fsp3) is 0.241. The summed E-state index contributed by atoms with van der Waals surface area (Å²) in [6.45, 7) is 4.97. The molecule has 7 nitrogen and oxygen atoms in total. The molecular formula is C29H24ClFN2O5. The number of ether oxygens (including phenoxy) is 1. The number of hydrogen-bond donors (Lipinski definition) is 0. The third kappa shape index (κ3) is 3.96. The second-order valence-electron chi connectivity index (χ2n) is 10.3. The quantitative estimate of drug-likeness (QED) is 0.407. The molecule has 5 rings (SSSR count). The molecule has 4 amide bonds. The molecule has 3 aromatic carbocycles. The van der Waals surface area contributed by atoms with Gasteiger partial charge in [-0.1, -0.05) is 41.9 Å². The first kappa shape index (κ1) is 25.6. The summed E-state index contributed by atoms with van der Waals surface area (Å²) in [6.07, 6.45) is -1.29. The van der Waals surface area contributed by atoms with Crippen LogP contribution in [0.5, 0.6) is 0 Å². The molecule has 9 heteroatoms. The van der Waals surface area contributed by atoms with E-state index in [1.807, 2.05) is 0 Å². The molecule has 1 saturated heterocycles. The molecule has 0 radical (unpaired) electrons. The molecule has 1 fully saturated rings. The van der Waals surface area contributed by atoms with E-state index in [1.54, 1.807) is 63.2 Å². The van der Waals surface area contributed by atoms with Crippen LogP contribution in [-0.2, 0) is 24.5 Å². The van der Waals surface area contributed by atoms with Crippen LogP contribution in [0, 0.1) is 11.7 Å². The van der Waals surface area contributed by atoms with Gasteiger partial charge in [0, 0.05) is 17.0 Å². The molecule has 0 saturated carbocycles. The molecule has 3 aromatic rings. The maximum atomic E-state index is 14.8. The molecule has 2 atom stereocenters. The van der Waals surface area contributed by atoms with Gasteiger partial charge in [0.15, 0.2) is 0 Å². The van der Waals surface area contributed by atoms with Crippen molar-refractivity contribution in [3.63, 3.8) is 0 Å². The van der Waals surface area contributed by atoms with E-state index in [-0.39, 0.29) is 17.7 Å². The van der Waals surface area contributed by atoms with Crippen molar-refractivity contribution in [2.75, 3.05) is 9.80 Å². The van der Waals surface area contributed by atoms with Gasteiger partial charge in [0.1, 0.15) is 16.8 Å². The Bertz CT molecular complexity index is 1470. The second-order valence-corrected chi connectivity index (χ2v) is 10.7. The Hall–Kier alpha value is -4.04. The standard InChI is InChI=1S/C29H24ClFN2O5/c1-28(2,3)38-27(37)33-23-14-11-19(31)15-21(23)29(26(33)36,17-7-5-4-6-8-17)22-16-24(34)32(25(22)35)20-12-9-18(30)10-13-20/h4-15,22H,16H2,1-3H3/t22-,29?/m1/s1. The fourth-order valence-corrected chi connectivity index (χ4v) is 5.38.